The van der Waals surface area contributed by atoms with Crippen molar-refractivity contribution in [1.82, 2.24) is 19.8 Å². The van der Waals surface area contributed by atoms with Crippen LogP contribution in [0.5, 0.6) is 0 Å². The maximum atomic E-state index is 13.5. The number of nitrogens with zero attached hydrogens (tertiary/aromatic N) is 3. The van der Waals surface area contributed by atoms with Gasteiger partial charge in [-0.2, -0.15) is 0 Å². The third-order valence-corrected chi connectivity index (χ3v) is 6.14. The van der Waals surface area contributed by atoms with Crippen molar-refractivity contribution in [2.24, 2.45) is 5.73 Å². The van der Waals surface area contributed by atoms with Gasteiger partial charge in [0, 0.05) is 25.2 Å². The van der Waals surface area contributed by atoms with Gasteiger partial charge < -0.3 is 20.4 Å². The normalized spacial score (nSPS) is 11.4. The van der Waals surface area contributed by atoms with Gasteiger partial charge in [-0.1, -0.05) is 54.6 Å². The number of nitrogens with one attached hydrogen (secondary N) is 1. The van der Waals surface area contributed by atoms with E-state index < -0.39 is 5.60 Å². The van der Waals surface area contributed by atoms with Crippen LogP contribution in [0.25, 0.3) is 11.0 Å². The Kier molecular flexibility index (Phi) is 8.99. The summed E-state index contributed by atoms with van der Waals surface area (Å²) in [7, 11) is 0. The van der Waals surface area contributed by atoms with Crippen molar-refractivity contribution < 1.29 is 14.3 Å². The maximum absolute atomic E-state index is 13.5. The molecular formula is C31H37N5O3. The minimum absolute atomic E-state index is 0.0938. The molecule has 1 heterocycles. The van der Waals surface area contributed by atoms with Crippen LogP contribution < -0.4 is 5.73 Å². The molecule has 0 radical (unpaired) electrons. The third kappa shape index (κ3) is 7.91. The Morgan fingerprint density at radius 3 is 2.13 bits per heavy atom. The van der Waals surface area contributed by atoms with Gasteiger partial charge in [-0.3, -0.25) is 9.69 Å². The van der Waals surface area contributed by atoms with E-state index in [2.05, 4.69) is 9.97 Å². The van der Waals surface area contributed by atoms with Crippen molar-refractivity contribution in [3.63, 3.8) is 0 Å². The van der Waals surface area contributed by atoms with Gasteiger partial charge in [0.2, 0.25) is 0 Å². The van der Waals surface area contributed by atoms with E-state index in [1.54, 1.807) is 9.80 Å². The fraction of sp³-hybridized carbons (Fsp3) is 0.323. The number of para-hydroxylation sites is 2. The quantitative estimate of drug-likeness (QED) is 0.284. The summed E-state index contributed by atoms with van der Waals surface area (Å²) in [6.07, 6.45) is 0.305. The lowest BCUT2D eigenvalue weighted by Crippen LogP contribution is -2.36. The summed E-state index contributed by atoms with van der Waals surface area (Å²) in [5, 5.41) is 0. The van der Waals surface area contributed by atoms with Crippen LogP contribution in [0.2, 0.25) is 0 Å². The van der Waals surface area contributed by atoms with E-state index in [1.807, 2.05) is 99.6 Å². The number of H-pyrrole nitrogens is 1. The first-order valence-corrected chi connectivity index (χ1v) is 13.3. The number of hydrogen-bond donors (Lipinski definition) is 2. The number of aromatic nitrogens is 2. The van der Waals surface area contributed by atoms with Crippen molar-refractivity contribution in [3.8, 4) is 0 Å². The number of aromatic amines is 1. The molecule has 4 aromatic rings. The summed E-state index contributed by atoms with van der Waals surface area (Å²) in [5.74, 6) is 0.635. The summed E-state index contributed by atoms with van der Waals surface area (Å²) >= 11 is 0. The van der Waals surface area contributed by atoms with Crippen molar-refractivity contribution in [2.75, 3.05) is 13.1 Å². The summed E-state index contributed by atoms with van der Waals surface area (Å²) in [5.41, 5.74) is 9.44. The SMILES string of the molecule is CC(C)(C)OC(=O)N(Cc1ccccc1)Cc1ccc(C(=O)N(CCCN)Cc2nc3ccccc3[nH]2)cc1. The van der Waals surface area contributed by atoms with Gasteiger partial charge in [-0.25, -0.2) is 9.78 Å². The first-order valence-electron chi connectivity index (χ1n) is 13.3. The Hall–Kier alpha value is -4.17. The smallest absolute Gasteiger partial charge is 0.410 e. The topological polar surface area (TPSA) is 105 Å². The molecule has 0 spiro atoms. The summed E-state index contributed by atoms with van der Waals surface area (Å²) < 4.78 is 5.66. The van der Waals surface area contributed by atoms with Crippen LogP contribution in [0.1, 0.15) is 54.5 Å². The van der Waals surface area contributed by atoms with Crippen molar-refractivity contribution in [2.45, 2.75) is 52.4 Å². The van der Waals surface area contributed by atoms with Gasteiger partial charge in [-0.15, -0.1) is 0 Å². The molecule has 2 amide bonds. The molecule has 1 aromatic heterocycles. The molecule has 0 fully saturated rings. The lowest BCUT2D eigenvalue weighted by Gasteiger charge is -2.28. The highest BCUT2D eigenvalue weighted by atomic mass is 16.6. The van der Waals surface area contributed by atoms with Gasteiger partial charge in [-0.05, 0) is 69.1 Å². The van der Waals surface area contributed by atoms with E-state index in [-0.39, 0.29) is 12.0 Å². The van der Waals surface area contributed by atoms with Gasteiger partial charge in [0.25, 0.3) is 5.91 Å². The Balaban J connectivity index is 1.49. The molecule has 4 rings (SSSR count). The standard InChI is InChI=1S/C31H37N5O3/c1-31(2,3)39-30(38)36(20-23-10-5-4-6-11-23)21-24-14-16-25(17-15-24)29(37)35(19-9-18-32)22-28-33-26-12-7-8-13-27(26)34-28/h4-8,10-17H,9,18-22,32H2,1-3H3,(H,33,34). The molecule has 8 nitrogen and oxygen atoms in total. The summed E-state index contributed by atoms with van der Waals surface area (Å²) in [4.78, 5) is 37.8. The van der Waals surface area contributed by atoms with E-state index in [0.29, 0.717) is 44.7 Å². The zero-order valence-corrected chi connectivity index (χ0v) is 22.9. The van der Waals surface area contributed by atoms with Crippen LogP contribution in [-0.4, -0.2) is 50.5 Å². The van der Waals surface area contributed by atoms with Gasteiger partial charge in [0.1, 0.15) is 11.4 Å². The first kappa shape index (κ1) is 27.9. The van der Waals surface area contributed by atoms with Crippen LogP contribution in [0.4, 0.5) is 4.79 Å². The monoisotopic (exact) mass is 527 g/mol. The van der Waals surface area contributed by atoms with Gasteiger partial charge in [0.15, 0.2) is 0 Å². The molecule has 0 unspecified atom stereocenters. The minimum Gasteiger partial charge on any atom is -0.444 e. The van der Waals surface area contributed by atoms with Gasteiger partial charge >= 0.3 is 6.09 Å². The molecule has 0 saturated heterocycles. The van der Waals surface area contributed by atoms with E-state index >= 15 is 0 Å². The Labute approximate surface area is 229 Å². The number of carbonyl (C=O) groups is 2. The zero-order valence-electron chi connectivity index (χ0n) is 22.9. The highest BCUT2D eigenvalue weighted by molar-refractivity contribution is 5.94. The predicted octanol–water partition coefficient (Wildman–Crippen LogP) is 5.49. The number of imidazole rings is 1. The number of amides is 2. The average Bonchev–Trinajstić information content (AvgIpc) is 3.33. The second-order valence-electron chi connectivity index (χ2n) is 10.6. The number of nitrogens with two attached hydrogens (primary N) is 1. The van der Waals surface area contributed by atoms with Crippen LogP contribution >= 0.6 is 0 Å². The van der Waals surface area contributed by atoms with Crippen LogP contribution in [0.15, 0.2) is 78.9 Å². The van der Waals surface area contributed by atoms with E-state index in [0.717, 1.165) is 28.0 Å². The molecule has 0 aliphatic heterocycles. The first-order chi connectivity index (χ1) is 18.7. The minimum atomic E-state index is -0.602. The molecular weight excluding hydrogens is 490 g/mol. The Bertz CT molecular complexity index is 1340. The second kappa shape index (κ2) is 12.6. The third-order valence-electron chi connectivity index (χ3n) is 6.14. The number of fused-ring (bicyclic) bond motifs is 1. The summed E-state index contributed by atoms with van der Waals surface area (Å²) in [6, 6.07) is 25.0. The van der Waals surface area contributed by atoms with E-state index in [9.17, 15) is 9.59 Å². The number of hydrogen-bond acceptors (Lipinski definition) is 5. The fourth-order valence-electron chi connectivity index (χ4n) is 4.27. The summed E-state index contributed by atoms with van der Waals surface area (Å²) in [6.45, 7) is 7.71. The largest absolute Gasteiger partial charge is 0.444 e. The number of ether oxygens (including phenoxy) is 1. The molecule has 204 valence electrons. The lowest BCUT2D eigenvalue weighted by atomic mass is 10.1. The zero-order chi connectivity index (χ0) is 27.8. The van der Waals surface area contributed by atoms with Crippen LogP contribution in [0, 0.1) is 0 Å². The molecule has 0 aliphatic carbocycles. The average molecular weight is 528 g/mol. The number of carbonyl (C=O) groups excluding carboxylic acids is 2. The van der Waals surface area contributed by atoms with Crippen molar-refractivity contribution in [3.05, 3.63) is 101 Å². The Morgan fingerprint density at radius 2 is 1.49 bits per heavy atom. The van der Waals surface area contributed by atoms with Crippen molar-refractivity contribution >= 4 is 23.0 Å². The molecule has 3 N–H and O–H groups in total. The molecule has 3 aromatic carbocycles. The molecule has 0 aliphatic rings. The van der Waals surface area contributed by atoms with Crippen molar-refractivity contribution in [1.29, 1.82) is 0 Å². The van der Waals surface area contributed by atoms with Crippen LogP contribution in [0.3, 0.4) is 0 Å². The molecule has 39 heavy (non-hydrogen) atoms. The van der Waals surface area contributed by atoms with E-state index in [1.165, 1.54) is 0 Å². The Morgan fingerprint density at radius 1 is 0.846 bits per heavy atom. The lowest BCUT2D eigenvalue weighted by molar-refractivity contribution is 0.0216. The number of benzene rings is 3. The molecule has 0 atom stereocenters. The molecule has 0 bridgehead atoms. The highest BCUT2D eigenvalue weighted by Crippen LogP contribution is 2.18. The molecule has 0 saturated carbocycles. The van der Waals surface area contributed by atoms with E-state index in [4.69, 9.17) is 10.5 Å². The highest BCUT2D eigenvalue weighted by Gasteiger charge is 2.23. The number of rotatable bonds is 10. The fourth-order valence-corrected chi connectivity index (χ4v) is 4.27. The molecule has 8 heteroatoms. The predicted molar refractivity (Wildman–Crippen MR) is 153 cm³/mol. The second-order valence-corrected chi connectivity index (χ2v) is 10.6. The maximum Gasteiger partial charge on any atom is 0.410 e. The van der Waals surface area contributed by atoms with Crippen LogP contribution in [-0.2, 0) is 24.4 Å². The van der Waals surface area contributed by atoms with Gasteiger partial charge in [0.05, 0.1) is 17.6 Å².